The minimum absolute atomic E-state index is 0.000165. The number of hydrogen-bond donors (Lipinski definition) is 2. The Morgan fingerprint density at radius 1 is 1.38 bits per heavy atom. The van der Waals surface area contributed by atoms with Gasteiger partial charge in [-0.2, -0.15) is 0 Å². The van der Waals surface area contributed by atoms with Crippen molar-refractivity contribution in [1.29, 1.82) is 0 Å². The fraction of sp³-hybridized carbons (Fsp3) is 0.615. The second kappa shape index (κ2) is 5.97. The summed E-state index contributed by atoms with van der Waals surface area (Å²) in [4.78, 5) is 35.1. The molecule has 1 saturated carbocycles. The molecule has 0 radical (unpaired) electrons. The molecule has 2 rings (SSSR count). The normalized spacial score (nSPS) is 20.6. The second-order valence-corrected chi connectivity index (χ2v) is 7.61. The van der Waals surface area contributed by atoms with Crippen molar-refractivity contribution in [1.82, 2.24) is 5.32 Å². The molecular weight excluding hydrogens is 296 g/mol. The van der Waals surface area contributed by atoms with E-state index in [1.165, 1.54) is 6.08 Å². The first kappa shape index (κ1) is 15.7. The van der Waals surface area contributed by atoms with Gasteiger partial charge in [0.2, 0.25) is 11.2 Å². The van der Waals surface area contributed by atoms with E-state index in [0.29, 0.717) is 19.3 Å². The highest BCUT2D eigenvalue weighted by Crippen LogP contribution is 2.31. The Kier molecular flexibility index (Phi) is 4.46. The van der Waals surface area contributed by atoms with E-state index in [0.717, 1.165) is 12.8 Å². The van der Waals surface area contributed by atoms with Crippen LogP contribution >= 0.6 is 0 Å². The summed E-state index contributed by atoms with van der Waals surface area (Å²) in [5.74, 6) is -2.74. The number of sulfone groups is 1. The van der Waals surface area contributed by atoms with Crippen molar-refractivity contribution in [2.45, 2.75) is 37.4 Å². The summed E-state index contributed by atoms with van der Waals surface area (Å²) in [6.07, 6.45) is 4.69. The molecule has 0 aromatic rings. The van der Waals surface area contributed by atoms with Gasteiger partial charge >= 0.3 is 0 Å². The van der Waals surface area contributed by atoms with E-state index >= 15 is 0 Å². The van der Waals surface area contributed by atoms with Gasteiger partial charge in [0.15, 0.2) is 15.6 Å². The number of carbonyl (C=O) groups excluding carboxylic acids is 3. The molecule has 0 aliphatic heterocycles. The van der Waals surface area contributed by atoms with E-state index in [4.69, 9.17) is 5.73 Å². The molecule has 1 atom stereocenters. The number of nitrogens with one attached hydrogen (secondary N) is 1. The number of carbonyl (C=O) groups is 3. The Morgan fingerprint density at radius 2 is 2.05 bits per heavy atom. The molecule has 8 heteroatoms. The molecule has 2 aliphatic rings. The minimum atomic E-state index is -3.95. The average Bonchev–Trinajstić information content (AvgIpc) is 3.14. The summed E-state index contributed by atoms with van der Waals surface area (Å²) in [6, 6.07) is 0. The first-order valence-corrected chi connectivity index (χ1v) is 8.58. The molecule has 0 spiro atoms. The fourth-order valence-electron chi connectivity index (χ4n) is 2.26. The third-order valence-corrected chi connectivity index (χ3v) is 5.64. The topological polar surface area (TPSA) is 123 Å². The maximum absolute atomic E-state index is 12.1. The standard InChI is InChI=1S/C13H18N2O5S/c14-12(17)11(21(19,20)7-8-5-6-8)13(18)15-9-3-1-2-4-10(9)16/h3,8,11H,1-2,4-7H2,(H2,14,17)(H,15,18). The highest BCUT2D eigenvalue weighted by molar-refractivity contribution is 7.93. The number of Topliss-reactive ketones (excluding diaryl/α,β-unsaturated/α-hetero) is 1. The number of nitrogens with two attached hydrogens (primary N) is 1. The van der Waals surface area contributed by atoms with E-state index in [-0.39, 0.29) is 23.2 Å². The Morgan fingerprint density at radius 3 is 2.57 bits per heavy atom. The lowest BCUT2D eigenvalue weighted by molar-refractivity contribution is -0.128. The third-order valence-electron chi connectivity index (χ3n) is 3.54. The van der Waals surface area contributed by atoms with Gasteiger partial charge in [0.05, 0.1) is 11.4 Å². The summed E-state index contributed by atoms with van der Waals surface area (Å²) in [7, 11) is -3.95. The minimum Gasteiger partial charge on any atom is -0.368 e. The number of allylic oxidation sites excluding steroid dienone is 2. The van der Waals surface area contributed by atoms with Crippen molar-refractivity contribution in [3.63, 3.8) is 0 Å². The summed E-state index contributed by atoms with van der Waals surface area (Å²) in [5, 5.41) is 0.306. The Balaban J connectivity index is 2.14. The monoisotopic (exact) mass is 314 g/mol. The van der Waals surface area contributed by atoms with E-state index in [9.17, 15) is 22.8 Å². The molecule has 3 N–H and O–H groups in total. The SMILES string of the molecule is NC(=O)C(C(=O)NC1=CCCCC1=O)S(=O)(=O)CC1CC1. The van der Waals surface area contributed by atoms with E-state index in [1.54, 1.807) is 0 Å². The molecule has 2 amide bonds. The van der Waals surface area contributed by atoms with Crippen LogP contribution in [0, 0.1) is 5.92 Å². The fourth-order valence-corrected chi connectivity index (χ4v) is 4.18. The third kappa shape index (κ3) is 3.90. The van der Waals surface area contributed by atoms with Gasteiger partial charge in [0.1, 0.15) is 0 Å². The van der Waals surface area contributed by atoms with Crippen LogP contribution in [-0.4, -0.2) is 37.0 Å². The largest absolute Gasteiger partial charge is 0.368 e. The maximum Gasteiger partial charge on any atom is 0.252 e. The van der Waals surface area contributed by atoms with Gasteiger partial charge in [-0.05, 0) is 31.6 Å². The van der Waals surface area contributed by atoms with Crippen LogP contribution in [0.5, 0.6) is 0 Å². The lowest BCUT2D eigenvalue weighted by Gasteiger charge is -2.17. The Labute approximate surface area is 122 Å². The highest BCUT2D eigenvalue weighted by atomic mass is 32.2. The van der Waals surface area contributed by atoms with Crippen molar-refractivity contribution in [2.24, 2.45) is 11.7 Å². The molecule has 7 nitrogen and oxygen atoms in total. The van der Waals surface area contributed by atoms with Gasteiger partial charge in [-0.1, -0.05) is 6.08 Å². The predicted molar refractivity (Wildman–Crippen MR) is 74.6 cm³/mol. The summed E-state index contributed by atoms with van der Waals surface area (Å²) in [5.41, 5.74) is 5.13. The summed E-state index contributed by atoms with van der Waals surface area (Å²) >= 11 is 0. The van der Waals surface area contributed by atoms with Crippen LogP contribution in [0.25, 0.3) is 0 Å². The van der Waals surface area contributed by atoms with Crippen LogP contribution in [0.15, 0.2) is 11.8 Å². The van der Waals surface area contributed by atoms with Gasteiger partial charge < -0.3 is 11.1 Å². The predicted octanol–water partition coefficient (Wildman–Crippen LogP) is -0.582. The summed E-state index contributed by atoms with van der Waals surface area (Å²) < 4.78 is 24.2. The molecule has 0 bridgehead atoms. The van der Waals surface area contributed by atoms with Gasteiger partial charge in [-0.25, -0.2) is 8.42 Å². The van der Waals surface area contributed by atoms with Gasteiger partial charge in [0.25, 0.3) is 5.91 Å². The van der Waals surface area contributed by atoms with Crippen molar-refractivity contribution >= 4 is 27.4 Å². The van der Waals surface area contributed by atoms with Crippen LogP contribution in [0.4, 0.5) is 0 Å². The molecule has 1 unspecified atom stereocenters. The van der Waals surface area contributed by atoms with Crippen LogP contribution in [0.3, 0.4) is 0 Å². The van der Waals surface area contributed by atoms with E-state index in [1.807, 2.05) is 0 Å². The molecular formula is C13H18N2O5S. The number of rotatable bonds is 6. The van der Waals surface area contributed by atoms with Crippen molar-refractivity contribution in [2.75, 3.05) is 5.75 Å². The average molecular weight is 314 g/mol. The van der Waals surface area contributed by atoms with Crippen molar-refractivity contribution < 1.29 is 22.8 Å². The van der Waals surface area contributed by atoms with Gasteiger partial charge in [-0.15, -0.1) is 0 Å². The number of amides is 2. The number of primary amides is 1. The molecule has 116 valence electrons. The van der Waals surface area contributed by atoms with E-state index in [2.05, 4.69) is 5.32 Å². The van der Waals surface area contributed by atoms with Crippen LogP contribution in [0.1, 0.15) is 32.1 Å². The zero-order valence-corrected chi connectivity index (χ0v) is 12.3. The van der Waals surface area contributed by atoms with Gasteiger partial charge in [-0.3, -0.25) is 14.4 Å². The number of hydrogen-bond acceptors (Lipinski definition) is 5. The summed E-state index contributed by atoms with van der Waals surface area (Å²) in [6.45, 7) is 0. The Bertz CT molecular complexity index is 604. The van der Waals surface area contributed by atoms with Crippen LogP contribution in [-0.2, 0) is 24.2 Å². The molecule has 2 aliphatic carbocycles. The lowest BCUT2D eigenvalue weighted by Crippen LogP contribution is -2.49. The smallest absolute Gasteiger partial charge is 0.252 e. The molecule has 0 aromatic heterocycles. The zero-order valence-electron chi connectivity index (χ0n) is 11.5. The van der Waals surface area contributed by atoms with Crippen LogP contribution in [0.2, 0.25) is 0 Å². The van der Waals surface area contributed by atoms with Crippen molar-refractivity contribution in [3.8, 4) is 0 Å². The molecule has 0 heterocycles. The van der Waals surface area contributed by atoms with E-state index < -0.39 is 26.9 Å². The molecule has 0 aromatic carbocycles. The maximum atomic E-state index is 12.1. The lowest BCUT2D eigenvalue weighted by atomic mass is 10.0. The van der Waals surface area contributed by atoms with Crippen LogP contribution < -0.4 is 11.1 Å². The number of ketones is 1. The highest BCUT2D eigenvalue weighted by Gasteiger charge is 2.41. The first-order valence-electron chi connectivity index (χ1n) is 6.86. The molecule has 0 saturated heterocycles. The second-order valence-electron chi connectivity index (χ2n) is 5.48. The van der Waals surface area contributed by atoms with Crippen molar-refractivity contribution in [3.05, 3.63) is 11.8 Å². The quantitative estimate of drug-likeness (QED) is 0.635. The zero-order chi connectivity index (χ0) is 15.6. The molecule has 1 fully saturated rings. The first-order chi connectivity index (χ1) is 9.81. The Hall–Kier alpha value is -1.70. The van der Waals surface area contributed by atoms with Gasteiger partial charge in [0, 0.05) is 6.42 Å². The molecule has 21 heavy (non-hydrogen) atoms.